The van der Waals surface area contributed by atoms with Gasteiger partial charge in [-0.1, -0.05) is 71.4 Å². The lowest BCUT2D eigenvalue weighted by atomic mass is 9.62. The van der Waals surface area contributed by atoms with Crippen LogP contribution in [0, 0.1) is 0 Å². The molecule has 0 radical (unpaired) electrons. The standard InChI is InChI=1S/C33H39NO2/c1-7-8-25-20-29-30(33(5,6)18-17-32(29,3)4)21-28(25)22(2)19-23-9-11-24(12-10-23)31(35)36-27-15-13-26(34)14-16-27/h9-16,19-21H,7-8,17-18,34H2,1-6H3/b22-19-. The second-order valence-corrected chi connectivity index (χ2v) is 11.5. The van der Waals surface area contributed by atoms with E-state index in [-0.39, 0.29) is 16.8 Å². The molecular formula is C33H39NO2. The monoisotopic (exact) mass is 481 g/mol. The van der Waals surface area contributed by atoms with Crippen molar-refractivity contribution in [3.8, 4) is 5.75 Å². The Labute approximate surface area is 216 Å². The van der Waals surface area contributed by atoms with Crippen molar-refractivity contribution in [2.24, 2.45) is 0 Å². The van der Waals surface area contributed by atoms with Crippen molar-refractivity contribution >= 4 is 23.3 Å². The Bertz CT molecular complexity index is 1280. The summed E-state index contributed by atoms with van der Waals surface area (Å²) in [6.45, 7) is 14.0. The third kappa shape index (κ3) is 5.41. The highest BCUT2D eigenvalue weighted by molar-refractivity contribution is 5.91. The third-order valence-corrected chi connectivity index (χ3v) is 7.64. The lowest BCUT2D eigenvalue weighted by Gasteiger charge is -2.42. The number of esters is 1. The van der Waals surface area contributed by atoms with Crippen LogP contribution >= 0.6 is 0 Å². The lowest BCUT2D eigenvalue weighted by Crippen LogP contribution is -2.34. The molecule has 0 aromatic heterocycles. The Hall–Kier alpha value is -3.33. The molecule has 3 aromatic rings. The average molecular weight is 482 g/mol. The number of carbonyl (C=O) groups is 1. The topological polar surface area (TPSA) is 52.3 Å². The SMILES string of the molecule is CCCc1cc2c(cc1/C(C)=C\c1ccc(C(=O)Oc3ccc(N)cc3)cc1)C(C)(C)CCC2(C)C. The van der Waals surface area contributed by atoms with Crippen LogP contribution in [0.2, 0.25) is 0 Å². The van der Waals surface area contributed by atoms with Crippen LogP contribution in [0.4, 0.5) is 5.69 Å². The molecule has 0 unspecified atom stereocenters. The molecule has 36 heavy (non-hydrogen) atoms. The van der Waals surface area contributed by atoms with Crippen molar-refractivity contribution in [2.75, 3.05) is 5.73 Å². The minimum absolute atomic E-state index is 0.178. The van der Waals surface area contributed by atoms with E-state index in [0.717, 1.165) is 18.4 Å². The average Bonchev–Trinajstić information content (AvgIpc) is 2.84. The second-order valence-electron chi connectivity index (χ2n) is 11.5. The summed E-state index contributed by atoms with van der Waals surface area (Å²) in [5.41, 5.74) is 15.3. The number of hydrogen-bond donors (Lipinski definition) is 1. The summed E-state index contributed by atoms with van der Waals surface area (Å²) in [6, 6.07) is 19.4. The maximum atomic E-state index is 12.6. The van der Waals surface area contributed by atoms with Crippen molar-refractivity contribution < 1.29 is 9.53 Å². The number of aryl methyl sites for hydroxylation is 1. The number of ether oxygens (including phenoxy) is 1. The van der Waals surface area contributed by atoms with E-state index in [9.17, 15) is 4.79 Å². The van der Waals surface area contributed by atoms with E-state index in [1.54, 1.807) is 24.3 Å². The van der Waals surface area contributed by atoms with Gasteiger partial charge in [0, 0.05) is 5.69 Å². The van der Waals surface area contributed by atoms with Crippen LogP contribution in [0.15, 0.2) is 60.7 Å². The normalized spacial score (nSPS) is 16.3. The molecule has 0 heterocycles. The summed E-state index contributed by atoms with van der Waals surface area (Å²) in [5, 5.41) is 0. The van der Waals surface area contributed by atoms with Crippen molar-refractivity contribution in [1.82, 2.24) is 0 Å². The predicted octanol–water partition coefficient (Wildman–Crippen LogP) is 8.35. The molecule has 0 spiro atoms. The zero-order valence-corrected chi connectivity index (χ0v) is 22.6. The molecule has 1 aliphatic carbocycles. The number of carbonyl (C=O) groups excluding carboxylic acids is 1. The molecule has 0 bridgehead atoms. The van der Waals surface area contributed by atoms with E-state index in [1.807, 2.05) is 24.3 Å². The Morgan fingerprint density at radius 2 is 1.50 bits per heavy atom. The number of nitrogen functional groups attached to an aromatic ring is 1. The van der Waals surface area contributed by atoms with Gasteiger partial charge in [0.1, 0.15) is 5.75 Å². The first kappa shape index (κ1) is 25.8. The zero-order chi connectivity index (χ0) is 26.1. The van der Waals surface area contributed by atoms with E-state index < -0.39 is 0 Å². The fourth-order valence-corrected chi connectivity index (χ4v) is 5.25. The first-order valence-corrected chi connectivity index (χ1v) is 13.0. The van der Waals surface area contributed by atoms with Gasteiger partial charge in [-0.2, -0.15) is 0 Å². The highest BCUT2D eigenvalue weighted by Gasteiger charge is 2.37. The van der Waals surface area contributed by atoms with Crippen LogP contribution in [-0.4, -0.2) is 5.97 Å². The molecule has 0 fully saturated rings. The molecule has 4 rings (SSSR count). The number of rotatable bonds is 6. The highest BCUT2D eigenvalue weighted by Crippen LogP contribution is 2.47. The van der Waals surface area contributed by atoms with Crippen molar-refractivity contribution in [3.05, 3.63) is 94.0 Å². The molecule has 3 heteroatoms. The molecule has 0 atom stereocenters. The Morgan fingerprint density at radius 1 is 0.917 bits per heavy atom. The molecule has 2 N–H and O–H groups in total. The van der Waals surface area contributed by atoms with E-state index in [2.05, 4.69) is 59.8 Å². The smallest absolute Gasteiger partial charge is 0.343 e. The maximum absolute atomic E-state index is 12.6. The van der Waals surface area contributed by atoms with Crippen molar-refractivity contribution in [1.29, 1.82) is 0 Å². The van der Waals surface area contributed by atoms with Gasteiger partial charge in [0.15, 0.2) is 0 Å². The minimum Gasteiger partial charge on any atom is -0.423 e. The van der Waals surface area contributed by atoms with Crippen molar-refractivity contribution in [2.45, 2.75) is 78.1 Å². The Balaban J connectivity index is 1.62. The summed E-state index contributed by atoms with van der Waals surface area (Å²) < 4.78 is 5.47. The molecule has 3 aromatic carbocycles. The van der Waals surface area contributed by atoms with Gasteiger partial charge in [0.2, 0.25) is 0 Å². The first-order valence-electron chi connectivity index (χ1n) is 13.0. The molecule has 0 saturated heterocycles. The van der Waals surface area contributed by atoms with Crippen LogP contribution in [0.3, 0.4) is 0 Å². The molecule has 0 amide bonds. The van der Waals surface area contributed by atoms with E-state index in [1.165, 1.54) is 40.7 Å². The quantitative estimate of drug-likeness (QED) is 0.167. The Kier molecular flexibility index (Phi) is 7.13. The van der Waals surface area contributed by atoms with Gasteiger partial charge in [-0.15, -0.1) is 0 Å². The first-order chi connectivity index (χ1) is 17.0. The van der Waals surface area contributed by atoms with Gasteiger partial charge >= 0.3 is 5.97 Å². The summed E-state index contributed by atoms with van der Waals surface area (Å²) in [4.78, 5) is 12.6. The second kappa shape index (κ2) is 9.97. The van der Waals surface area contributed by atoms with Gasteiger partial charge in [-0.3, -0.25) is 0 Å². The number of fused-ring (bicyclic) bond motifs is 1. The molecule has 1 aliphatic rings. The van der Waals surface area contributed by atoms with Gasteiger partial charge in [-0.25, -0.2) is 4.79 Å². The molecule has 0 saturated carbocycles. The zero-order valence-electron chi connectivity index (χ0n) is 22.6. The molecular weight excluding hydrogens is 442 g/mol. The largest absolute Gasteiger partial charge is 0.423 e. The van der Waals surface area contributed by atoms with E-state index >= 15 is 0 Å². The highest BCUT2D eigenvalue weighted by atomic mass is 16.5. The maximum Gasteiger partial charge on any atom is 0.343 e. The van der Waals surface area contributed by atoms with Crippen LogP contribution in [0.1, 0.15) is 99.0 Å². The van der Waals surface area contributed by atoms with E-state index in [4.69, 9.17) is 10.5 Å². The minimum atomic E-state index is -0.378. The number of anilines is 1. The van der Waals surface area contributed by atoms with Gasteiger partial charge in [-0.05, 0) is 107 Å². The lowest BCUT2D eigenvalue weighted by molar-refractivity contribution is 0.0735. The summed E-state index contributed by atoms with van der Waals surface area (Å²) in [5.74, 6) is 0.104. The van der Waals surface area contributed by atoms with Crippen LogP contribution in [-0.2, 0) is 17.3 Å². The number of benzene rings is 3. The van der Waals surface area contributed by atoms with Gasteiger partial charge in [0.25, 0.3) is 0 Å². The fraction of sp³-hybridized carbons (Fsp3) is 0.364. The van der Waals surface area contributed by atoms with Gasteiger partial charge < -0.3 is 10.5 Å². The van der Waals surface area contributed by atoms with Crippen molar-refractivity contribution in [3.63, 3.8) is 0 Å². The number of hydrogen-bond acceptors (Lipinski definition) is 3. The van der Waals surface area contributed by atoms with Crippen LogP contribution in [0.25, 0.3) is 11.6 Å². The third-order valence-electron chi connectivity index (χ3n) is 7.64. The van der Waals surface area contributed by atoms with E-state index in [0.29, 0.717) is 17.0 Å². The fourth-order valence-electron chi connectivity index (χ4n) is 5.25. The summed E-state index contributed by atoms with van der Waals surface area (Å²) in [7, 11) is 0. The molecule has 3 nitrogen and oxygen atoms in total. The van der Waals surface area contributed by atoms with Crippen LogP contribution in [0.5, 0.6) is 5.75 Å². The van der Waals surface area contributed by atoms with Crippen LogP contribution < -0.4 is 10.5 Å². The number of allylic oxidation sites excluding steroid dienone is 1. The van der Waals surface area contributed by atoms with Gasteiger partial charge in [0.05, 0.1) is 5.56 Å². The summed E-state index contributed by atoms with van der Waals surface area (Å²) >= 11 is 0. The summed E-state index contributed by atoms with van der Waals surface area (Å²) in [6.07, 6.45) is 6.83. The molecule has 188 valence electrons. The molecule has 0 aliphatic heterocycles. The number of nitrogens with two attached hydrogens (primary N) is 1. The predicted molar refractivity (Wildman–Crippen MR) is 152 cm³/mol. The Morgan fingerprint density at radius 3 is 2.08 bits per heavy atom.